The molecule has 3 aromatic carbocycles. The molecule has 0 unspecified atom stereocenters. The van der Waals surface area contributed by atoms with Gasteiger partial charge in [0.25, 0.3) is 0 Å². The Morgan fingerprint density at radius 3 is 2.32 bits per heavy atom. The Kier molecular flexibility index (Phi) is 7.12. The molecule has 0 aliphatic carbocycles. The number of nitrogens with zero attached hydrogens (tertiary/aromatic N) is 1. The van der Waals surface area contributed by atoms with Crippen LogP contribution in [0.1, 0.15) is 22.3 Å². The molecule has 156 valence electrons. The second-order valence-electron chi connectivity index (χ2n) is 6.93. The number of carbonyl (C=O) groups excluding carboxylic acids is 1. The van der Waals surface area contributed by atoms with Gasteiger partial charge in [0.2, 0.25) is 5.90 Å². The number of rotatable bonds is 5. The number of carbonyl (C=O) groups is 1. The van der Waals surface area contributed by atoms with Crippen molar-refractivity contribution in [2.75, 3.05) is 0 Å². The Bertz CT molecular complexity index is 1180. The molecule has 0 amide bonds. The lowest BCUT2D eigenvalue weighted by atomic mass is 10.1. The number of hydrogen-bond donors (Lipinski definition) is 0. The van der Waals surface area contributed by atoms with E-state index in [1.807, 2.05) is 67.6 Å². The molecule has 0 spiro atoms. The van der Waals surface area contributed by atoms with E-state index >= 15 is 0 Å². The number of esters is 1. The Morgan fingerprint density at radius 1 is 1.03 bits per heavy atom. The van der Waals surface area contributed by atoms with Gasteiger partial charge in [0.05, 0.1) is 7.14 Å². The quantitative estimate of drug-likeness (QED) is 0.166. The third-order valence-electron chi connectivity index (χ3n) is 4.54. The van der Waals surface area contributed by atoms with E-state index in [0.29, 0.717) is 12.5 Å². The van der Waals surface area contributed by atoms with Gasteiger partial charge in [0, 0.05) is 10.0 Å². The van der Waals surface area contributed by atoms with E-state index < -0.39 is 5.97 Å². The Labute approximate surface area is 216 Å². The predicted molar refractivity (Wildman–Crippen MR) is 142 cm³/mol. The largest absolute Gasteiger partial charge is 0.487 e. The average molecular weight is 700 g/mol. The van der Waals surface area contributed by atoms with Crippen LogP contribution in [0.4, 0.5) is 0 Å². The lowest BCUT2D eigenvalue weighted by molar-refractivity contribution is -0.129. The van der Waals surface area contributed by atoms with Gasteiger partial charge in [0.1, 0.15) is 12.4 Å². The molecule has 1 aliphatic heterocycles. The van der Waals surface area contributed by atoms with E-state index in [1.54, 1.807) is 6.08 Å². The van der Waals surface area contributed by atoms with Crippen LogP contribution in [0.3, 0.4) is 0 Å². The van der Waals surface area contributed by atoms with Gasteiger partial charge in [-0.1, -0.05) is 45.8 Å². The summed E-state index contributed by atoms with van der Waals surface area (Å²) in [4.78, 5) is 16.7. The van der Waals surface area contributed by atoms with E-state index in [4.69, 9.17) is 9.47 Å². The summed E-state index contributed by atoms with van der Waals surface area (Å²) in [5, 5.41) is 0. The Hall–Kier alpha value is -1.72. The van der Waals surface area contributed by atoms with Crippen LogP contribution in [0.25, 0.3) is 6.08 Å². The minimum absolute atomic E-state index is 0.283. The molecule has 3 aromatic rings. The van der Waals surface area contributed by atoms with Crippen molar-refractivity contribution in [3.8, 4) is 5.75 Å². The van der Waals surface area contributed by atoms with E-state index in [1.165, 1.54) is 0 Å². The summed E-state index contributed by atoms with van der Waals surface area (Å²) >= 11 is 7.94. The van der Waals surface area contributed by atoms with Crippen molar-refractivity contribution in [3.05, 3.63) is 100 Å². The SMILES string of the molecule is Cc1ccc(C2=N/C(=C\c3cc(I)c(OCc4ccc(Br)cc4)c(I)c3)C(=O)O2)cc1. The molecular weight excluding hydrogens is 684 g/mol. The van der Waals surface area contributed by atoms with E-state index in [9.17, 15) is 4.79 Å². The van der Waals surface area contributed by atoms with Crippen LogP contribution in [0.2, 0.25) is 0 Å². The minimum atomic E-state index is -0.448. The van der Waals surface area contributed by atoms with Crippen LogP contribution in [0.15, 0.2) is 75.8 Å². The molecule has 4 nitrogen and oxygen atoms in total. The van der Waals surface area contributed by atoms with E-state index in [2.05, 4.69) is 66.1 Å². The Balaban J connectivity index is 1.54. The topological polar surface area (TPSA) is 47.9 Å². The van der Waals surface area contributed by atoms with Gasteiger partial charge in [-0.25, -0.2) is 9.79 Å². The number of hydrogen-bond acceptors (Lipinski definition) is 4. The van der Waals surface area contributed by atoms with Crippen molar-refractivity contribution in [2.24, 2.45) is 4.99 Å². The fourth-order valence-corrected chi connectivity index (χ4v) is 5.32. The van der Waals surface area contributed by atoms with E-state index in [0.717, 1.165) is 39.6 Å². The maximum Gasteiger partial charge on any atom is 0.363 e. The normalized spacial score (nSPS) is 14.5. The fraction of sp³-hybridized carbons (Fsp3) is 0.0833. The van der Waals surface area contributed by atoms with Crippen molar-refractivity contribution < 1.29 is 14.3 Å². The van der Waals surface area contributed by atoms with Crippen molar-refractivity contribution >= 4 is 79.1 Å². The highest BCUT2D eigenvalue weighted by atomic mass is 127. The van der Waals surface area contributed by atoms with Gasteiger partial charge < -0.3 is 9.47 Å². The summed E-state index contributed by atoms with van der Waals surface area (Å²) in [5.41, 5.74) is 4.16. The van der Waals surface area contributed by atoms with Gasteiger partial charge in [-0.3, -0.25) is 0 Å². The van der Waals surface area contributed by atoms with Crippen molar-refractivity contribution in [3.63, 3.8) is 0 Å². The lowest BCUT2D eigenvalue weighted by Crippen LogP contribution is -2.05. The molecule has 7 heteroatoms. The monoisotopic (exact) mass is 699 g/mol. The van der Waals surface area contributed by atoms with Gasteiger partial charge in [-0.05, 0) is 106 Å². The lowest BCUT2D eigenvalue weighted by Gasteiger charge is -2.11. The second-order valence-corrected chi connectivity index (χ2v) is 10.2. The van der Waals surface area contributed by atoms with Crippen LogP contribution >= 0.6 is 61.1 Å². The molecule has 0 atom stereocenters. The molecule has 1 heterocycles. The van der Waals surface area contributed by atoms with Gasteiger partial charge in [0.15, 0.2) is 5.70 Å². The molecule has 4 rings (SSSR count). The summed E-state index contributed by atoms with van der Waals surface area (Å²) in [7, 11) is 0. The molecule has 0 aromatic heterocycles. The number of benzene rings is 3. The van der Waals surface area contributed by atoms with E-state index in [-0.39, 0.29) is 5.70 Å². The number of aryl methyl sites for hydroxylation is 1. The van der Waals surface area contributed by atoms with Crippen LogP contribution in [0.5, 0.6) is 5.75 Å². The average Bonchev–Trinajstić information content (AvgIpc) is 3.09. The first kappa shape index (κ1) is 22.5. The third kappa shape index (κ3) is 5.56. The zero-order valence-corrected chi connectivity index (χ0v) is 22.3. The molecular formula is C24H16BrI2NO3. The summed E-state index contributed by atoms with van der Waals surface area (Å²) in [5.74, 6) is 0.704. The molecule has 0 N–H and O–H groups in total. The highest BCUT2D eigenvalue weighted by Gasteiger charge is 2.24. The first-order valence-corrected chi connectivity index (χ1v) is 12.3. The second kappa shape index (κ2) is 9.83. The molecule has 0 saturated heterocycles. The number of halogens is 3. The van der Waals surface area contributed by atoms with Crippen LogP contribution in [-0.2, 0) is 16.1 Å². The Morgan fingerprint density at radius 2 is 1.68 bits per heavy atom. The van der Waals surface area contributed by atoms with Crippen molar-refractivity contribution in [2.45, 2.75) is 13.5 Å². The fourth-order valence-electron chi connectivity index (χ4n) is 2.92. The third-order valence-corrected chi connectivity index (χ3v) is 6.67. The van der Waals surface area contributed by atoms with Gasteiger partial charge in [-0.15, -0.1) is 0 Å². The molecule has 0 bridgehead atoms. The standard InChI is InChI=1S/C24H16BrI2NO3/c1-14-2-6-17(7-3-14)23-28-21(24(29)31-23)12-16-10-19(26)22(20(27)11-16)30-13-15-4-8-18(25)9-5-15/h2-12H,13H2,1H3/b21-12-. The zero-order chi connectivity index (χ0) is 22.0. The summed E-state index contributed by atoms with van der Waals surface area (Å²) in [6.45, 7) is 2.49. The number of aliphatic imine (C=N–C) groups is 1. The molecule has 0 saturated carbocycles. The van der Waals surface area contributed by atoms with Gasteiger partial charge in [-0.2, -0.15) is 0 Å². The maximum atomic E-state index is 12.3. The van der Waals surface area contributed by atoms with Crippen molar-refractivity contribution in [1.82, 2.24) is 0 Å². The maximum absolute atomic E-state index is 12.3. The molecule has 31 heavy (non-hydrogen) atoms. The molecule has 1 aliphatic rings. The summed E-state index contributed by atoms with van der Waals surface area (Å²) in [6, 6.07) is 19.7. The van der Waals surface area contributed by atoms with Crippen LogP contribution in [0, 0.1) is 14.1 Å². The highest BCUT2D eigenvalue weighted by molar-refractivity contribution is 14.1. The smallest absolute Gasteiger partial charge is 0.363 e. The zero-order valence-electron chi connectivity index (χ0n) is 16.4. The molecule has 0 radical (unpaired) electrons. The predicted octanol–water partition coefficient (Wildman–Crippen LogP) is 6.89. The highest BCUT2D eigenvalue weighted by Crippen LogP contribution is 2.31. The summed E-state index contributed by atoms with van der Waals surface area (Å²) in [6.07, 6.45) is 1.74. The first-order valence-electron chi connectivity index (χ1n) is 9.35. The van der Waals surface area contributed by atoms with Crippen molar-refractivity contribution in [1.29, 1.82) is 0 Å². The number of ether oxygens (including phenoxy) is 2. The summed E-state index contributed by atoms with van der Waals surface area (Å²) < 4.78 is 14.4. The first-order chi connectivity index (χ1) is 14.9. The van der Waals surface area contributed by atoms with Gasteiger partial charge >= 0.3 is 5.97 Å². The van der Waals surface area contributed by atoms with Crippen LogP contribution in [-0.4, -0.2) is 11.9 Å². The molecule has 0 fully saturated rings. The minimum Gasteiger partial charge on any atom is -0.487 e. The number of cyclic esters (lactones) is 1. The van der Waals surface area contributed by atoms with Crippen LogP contribution < -0.4 is 4.74 Å².